The molecule has 0 bridgehead atoms. The van der Waals surface area contributed by atoms with E-state index in [2.05, 4.69) is 53.1 Å². The first-order chi connectivity index (χ1) is 12.4. The molecular weight excluding hydrogens is 308 g/mol. The average molecular weight is 324 g/mol. The maximum Gasteiger partial charge on any atom is 0.177 e. The van der Waals surface area contributed by atoms with Gasteiger partial charge in [-0.1, -0.05) is 48.5 Å². The first kappa shape index (κ1) is 14.1. The lowest BCUT2D eigenvalue weighted by molar-refractivity contribution is 0.572. The van der Waals surface area contributed by atoms with Gasteiger partial charge in [-0.05, 0) is 46.7 Å². The van der Waals surface area contributed by atoms with Crippen molar-refractivity contribution in [3.63, 3.8) is 0 Å². The molecule has 2 heterocycles. The summed E-state index contributed by atoms with van der Waals surface area (Å²) in [5, 5.41) is 2.51. The predicted octanol–water partition coefficient (Wildman–Crippen LogP) is 5.50. The van der Waals surface area contributed by atoms with Gasteiger partial charge < -0.3 is 8.98 Å². The first-order valence-electron chi connectivity index (χ1n) is 8.35. The highest BCUT2D eigenvalue weighted by molar-refractivity contribution is 5.83. The Morgan fingerprint density at radius 1 is 0.800 bits per heavy atom. The Kier molecular flexibility index (Phi) is 3.17. The van der Waals surface area contributed by atoms with E-state index < -0.39 is 0 Å². The van der Waals surface area contributed by atoms with Gasteiger partial charge in [-0.15, -0.1) is 0 Å². The fraction of sp³-hybridized carbons (Fsp3) is 0.0455. The van der Waals surface area contributed by atoms with Crippen LogP contribution in [0, 0.1) is 0 Å². The summed E-state index contributed by atoms with van der Waals surface area (Å²) in [7, 11) is 0. The molecule has 0 amide bonds. The lowest BCUT2D eigenvalue weighted by Gasteiger charge is -2.09. The lowest BCUT2D eigenvalue weighted by Crippen LogP contribution is -2.01. The summed E-state index contributed by atoms with van der Waals surface area (Å²) in [6, 6.07) is 27.1. The van der Waals surface area contributed by atoms with Crippen molar-refractivity contribution in [3.05, 3.63) is 90.7 Å². The zero-order valence-corrected chi connectivity index (χ0v) is 13.6. The summed E-state index contributed by atoms with van der Waals surface area (Å²) in [6.07, 6.45) is 1.69. The Hall–Kier alpha value is -3.33. The van der Waals surface area contributed by atoms with Gasteiger partial charge in [-0.3, -0.25) is 0 Å². The number of para-hydroxylation sites is 2. The minimum absolute atomic E-state index is 0.751. The van der Waals surface area contributed by atoms with E-state index in [9.17, 15) is 0 Å². The van der Waals surface area contributed by atoms with E-state index >= 15 is 0 Å². The molecule has 0 aliphatic heterocycles. The van der Waals surface area contributed by atoms with Crippen molar-refractivity contribution >= 4 is 21.8 Å². The number of hydrogen-bond donors (Lipinski definition) is 0. The highest BCUT2D eigenvalue weighted by atomic mass is 16.3. The van der Waals surface area contributed by atoms with Gasteiger partial charge in [0, 0.05) is 6.54 Å². The second-order valence-corrected chi connectivity index (χ2v) is 6.17. The molecule has 0 unspecified atom stereocenters. The number of fused-ring (bicyclic) bond motifs is 2. The molecular formula is C22H16N2O. The van der Waals surface area contributed by atoms with Gasteiger partial charge in [0.15, 0.2) is 11.6 Å². The van der Waals surface area contributed by atoms with Gasteiger partial charge in [0.05, 0.1) is 17.3 Å². The number of hydrogen-bond acceptors (Lipinski definition) is 2. The van der Waals surface area contributed by atoms with Gasteiger partial charge >= 0.3 is 0 Å². The van der Waals surface area contributed by atoms with Gasteiger partial charge in [-0.25, -0.2) is 4.98 Å². The molecule has 0 aliphatic rings. The quantitative estimate of drug-likeness (QED) is 0.439. The predicted molar refractivity (Wildman–Crippen MR) is 100 cm³/mol. The molecule has 0 radical (unpaired) electrons. The molecule has 3 heteroatoms. The van der Waals surface area contributed by atoms with Crippen LogP contribution in [-0.4, -0.2) is 9.55 Å². The van der Waals surface area contributed by atoms with Gasteiger partial charge in [0.2, 0.25) is 0 Å². The van der Waals surface area contributed by atoms with Crippen LogP contribution in [0.15, 0.2) is 89.5 Å². The zero-order chi connectivity index (χ0) is 16.6. The summed E-state index contributed by atoms with van der Waals surface area (Å²) in [5.74, 6) is 1.65. The monoisotopic (exact) mass is 324 g/mol. The van der Waals surface area contributed by atoms with Crippen LogP contribution in [0.1, 0.15) is 5.56 Å². The van der Waals surface area contributed by atoms with Crippen molar-refractivity contribution in [3.8, 4) is 11.6 Å². The molecule has 3 nitrogen and oxygen atoms in total. The van der Waals surface area contributed by atoms with E-state index in [1.54, 1.807) is 6.26 Å². The fourth-order valence-electron chi connectivity index (χ4n) is 3.35. The van der Waals surface area contributed by atoms with E-state index in [1.807, 2.05) is 30.3 Å². The third kappa shape index (κ3) is 2.41. The van der Waals surface area contributed by atoms with Crippen LogP contribution in [0.2, 0.25) is 0 Å². The molecule has 0 N–H and O–H groups in total. The van der Waals surface area contributed by atoms with Crippen molar-refractivity contribution < 1.29 is 4.42 Å². The summed E-state index contributed by atoms with van der Waals surface area (Å²) < 4.78 is 7.83. The van der Waals surface area contributed by atoms with E-state index in [0.29, 0.717) is 0 Å². The molecule has 5 aromatic rings. The molecule has 0 atom stereocenters. The van der Waals surface area contributed by atoms with Crippen LogP contribution in [-0.2, 0) is 6.54 Å². The maximum absolute atomic E-state index is 5.61. The number of benzene rings is 3. The normalized spacial score (nSPS) is 11.4. The molecule has 3 aromatic carbocycles. The van der Waals surface area contributed by atoms with Crippen LogP contribution >= 0.6 is 0 Å². The molecule has 2 aromatic heterocycles. The molecule has 5 rings (SSSR count). The molecule has 0 spiro atoms. The topological polar surface area (TPSA) is 31.0 Å². The third-order valence-corrected chi connectivity index (χ3v) is 4.55. The van der Waals surface area contributed by atoms with Crippen molar-refractivity contribution in [2.45, 2.75) is 6.54 Å². The third-order valence-electron chi connectivity index (χ3n) is 4.55. The minimum atomic E-state index is 0.751. The number of rotatable bonds is 3. The van der Waals surface area contributed by atoms with Gasteiger partial charge in [-0.2, -0.15) is 0 Å². The van der Waals surface area contributed by atoms with Crippen LogP contribution < -0.4 is 0 Å². The summed E-state index contributed by atoms with van der Waals surface area (Å²) in [6.45, 7) is 0.751. The van der Waals surface area contributed by atoms with Crippen molar-refractivity contribution in [2.24, 2.45) is 0 Å². The minimum Gasteiger partial charge on any atom is -0.461 e. The van der Waals surface area contributed by atoms with Gasteiger partial charge in [0.25, 0.3) is 0 Å². The molecule has 0 fully saturated rings. The molecule has 25 heavy (non-hydrogen) atoms. The van der Waals surface area contributed by atoms with Crippen molar-refractivity contribution in [1.82, 2.24) is 9.55 Å². The van der Waals surface area contributed by atoms with Crippen LogP contribution in [0.5, 0.6) is 0 Å². The van der Waals surface area contributed by atoms with E-state index in [4.69, 9.17) is 9.40 Å². The highest BCUT2D eigenvalue weighted by Gasteiger charge is 2.14. The number of aromatic nitrogens is 2. The zero-order valence-electron chi connectivity index (χ0n) is 13.6. The Morgan fingerprint density at radius 3 is 2.52 bits per heavy atom. The smallest absolute Gasteiger partial charge is 0.177 e. The van der Waals surface area contributed by atoms with E-state index in [0.717, 1.165) is 29.2 Å². The lowest BCUT2D eigenvalue weighted by atomic mass is 10.1. The summed E-state index contributed by atoms with van der Waals surface area (Å²) in [5.41, 5.74) is 3.34. The summed E-state index contributed by atoms with van der Waals surface area (Å²) in [4.78, 5) is 4.78. The Balaban J connectivity index is 1.67. The Bertz CT molecular complexity index is 1170. The van der Waals surface area contributed by atoms with Crippen LogP contribution in [0.4, 0.5) is 0 Å². The first-order valence-corrected chi connectivity index (χ1v) is 8.35. The number of imidazole rings is 1. The van der Waals surface area contributed by atoms with Crippen molar-refractivity contribution in [1.29, 1.82) is 0 Å². The maximum atomic E-state index is 5.61. The number of nitrogens with zero attached hydrogens (tertiary/aromatic N) is 2. The van der Waals surface area contributed by atoms with Gasteiger partial charge in [0.1, 0.15) is 0 Å². The summed E-state index contributed by atoms with van der Waals surface area (Å²) >= 11 is 0. The highest BCUT2D eigenvalue weighted by Crippen LogP contribution is 2.27. The second kappa shape index (κ2) is 5.64. The number of furan rings is 1. The Labute approximate surface area is 145 Å². The van der Waals surface area contributed by atoms with E-state index in [1.165, 1.54) is 16.3 Å². The fourth-order valence-corrected chi connectivity index (χ4v) is 3.35. The van der Waals surface area contributed by atoms with Crippen molar-refractivity contribution in [2.75, 3.05) is 0 Å². The molecule has 120 valence electrons. The largest absolute Gasteiger partial charge is 0.461 e. The second-order valence-electron chi connectivity index (χ2n) is 6.17. The van der Waals surface area contributed by atoms with E-state index in [-0.39, 0.29) is 0 Å². The Morgan fingerprint density at radius 2 is 1.64 bits per heavy atom. The van der Waals surface area contributed by atoms with Crippen LogP contribution in [0.25, 0.3) is 33.4 Å². The molecule has 0 aliphatic carbocycles. The molecule has 0 saturated heterocycles. The van der Waals surface area contributed by atoms with Crippen LogP contribution in [0.3, 0.4) is 0 Å². The standard InChI is InChI=1S/C22H16N2O/c1-2-7-18-14-16(11-12-17(18)6-1)15-24-20-9-4-3-8-19(20)23-22(24)21-10-5-13-25-21/h1-14H,15H2. The molecule has 0 saturated carbocycles. The average Bonchev–Trinajstić information content (AvgIpc) is 3.30. The SMILES string of the molecule is c1coc(-c2nc3ccccc3n2Cc2ccc3ccccc3c2)c1.